The Balaban J connectivity index is 2.18. The molecule has 0 aliphatic heterocycles. The normalized spacial score (nSPS) is 12.0. The Morgan fingerprint density at radius 2 is 2.10 bits per heavy atom. The standard InChI is InChI=1S/C13H16ClN5OS/c1-6-12(21-8(3)16-6)7(2)17-13(20)9-4-10(14)18-11(5-9)19-15/h4-5,7H,15H2,1-3H3,(H,17,20)(H,18,19). The van der Waals surface area contributed by atoms with E-state index in [0.717, 1.165) is 15.6 Å². The Labute approximate surface area is 131 Å². The SMILES string of the molecule is Cc1nc(C)c(C(C)NC(=O)c2cc(Cl)nc(NN)c2)s1. The third kappa shape index (κ3) is 3.69. The molecule has 4 N–H and O–H groups in total. The molecule has 0 saturated heterocycles. The zero-order chi connectivity index (χ0) is 15.6. The number of carbonyl (C=O) groups excluding carboxylic acids is 1. The molecule has 6 nitrogen and oxygen atoms in total. The van der Waals surface area contributed by atoms with Crippen molar-refractivity contribution in [1.29, 1.82) is 0 Å². The maximum absolute atomic E-state index is 12.3. The quantitative estimate of drug-likeness (QED) is 0.456. The van der Waals surface area contributed by atoms with Crippen LogP contribution < -0.4 is 16.6 Å². The lowest BCUT2D eigenvalue weighted by atomic mass is 10.2. The van der Waals surface area contributed by atoms with Crippen LogP contribution in [0.15, 0.2) is 12.1 Å². The molecular weight excluding hydrogens is 310 g/mol. The van der Waals surface area contributed by atoms with Crippen molar-refractivity contribution in [2.75, 3.05) is 5.43 Å². The lowest BCUT2D eigenvalue weighted by Gasteiger charge is -2.13. The van der Waals surface area contributed by atoms with Gasteiger partial charge in [-0.2, -0.15) is 0 Å². The molecular formula is C13H16ClN5OS. The number of thiazole rings is 1. The second kappa shape index (κ2) is 6.38. The lowest BCUT2D eigenvalue weighted by molar-refractivity contribution is 0.0940. The maximum atomic E-state index is 12.3. The van der Waals surface area contributed by atoms with Crippen LogP contribution in [0.1, 0.15) is 38.9 Å². The average Bonchev–Trinajstić information content (AvgIpc) is 2.76. The summed E-state index contributed by atoms with van der Waals surface area (Å²) in [5.74, 6) is 5.39. The van der Waals surface area contributed by atoms with E-state index in [2.05, 4.69) is 20.7 Å². The van der Waals surface area contributed by atoms with Crippen molar-refractivity contribution >= 4 is 34.7 Å². The van der Waals surface area contributed by atoms with Crippen molar-refractivity contribution in [3.8, 4) is 0 Å². The van der Waals surface area contributed by atoms with Gasteiger partial charge in [-0.1, -0.05) is 11.6 Å². The number of carbonyl (C=O) groups is 1. The van der Waals surface area contributed by atoms with Crippen molar-refractivity contribution < 1.29 is 4.79 Å². The van der Waals surface area contributed by atoms with Gasteiger partial charge in [0.1, 0.15) is 11.0 Å². The molecule has 2 aromatic heterocycles. The zero-order valence-corrected chi connectivity index (χ0v) is 13.5. The molecule has 0 fully saturated rings. The molecule has 0 aromatic carbocycles. The third-order valence-corrected chi connectivity index (χ3v) is 4.33. The van der Waals surface area contributed by atoms with Crippen LogP contribution in [0.4, 0.5) is 5.82 Å². The minimum atomic E-state index is -0.242. The van der Waals surface area contributed by atoms with Gasteiger partial charge in [0.2, 0.25) is 0 Å². The Morgan fingerprint density at radius 3 is 2.67 bits per heavy atom. The van der Waals surface area contributed by atoms with Gasteiger partial charge in [0.15, 0.2) is 0 Å². The fourth-order valence-electron chi connectivity index (χ4n) is 2.00. The molecule has 2 aromatic rings. The number of anilines is 1. The summed E-state index contributed by atoms with van der Waals surface area (Å²) in [6, 6.07) is 2.90. The molecule has 0 saturated carbocycles. The number of rotatable bonds is 4. The number of amides is 1. The van der Waals surface area contributed by atoms with Crippen LogP contribution in [0.25, 0.3) is 0 Å². The first-order chi connectivity index (χ1) is 9.90. The largest absolute Gasteiger partial charge is 0.345 e. The van der Waals surface area contributed by atoms with E-state index in [4.69, 9.17) is 17.4 Å². The summed E-state index contributed by atoms with van der Waals surface area (Å²) < 4.78 is 0. The number of nitrogen functional groups attached to an aromatic ring is 1. The predicted octanol–water partition coefficient (Wildman–Crippen LogP) is 2.58. The highest BCUT2D eigenvalue weighted by atomic mass is 35.5. The average molecular weight is 326 g/mol. The number of pyridine rings is 1. The van der Waals surface area contributed by atoms with Gasteiger partial charge in [-0.05, 0) is 32.9 Å². The van der Waals surface area contributed by atoms with Gasteiger partial charge in [0.05, 0.1) is 16.7 Å². The number of aromatic nitrogens is 2. The van der Waals surface area contributed by atoms with Crippen molar-refractivity contribution in [2.24, 2.45) is 5.84 Å². The molecule has 2 rings (SSSR count). The fourth-order valence-corrected chi connectivity index (χ4v) is 3.13. The van der Waals surface area contributed by atoms with E-state index >= 15 is 0 Å². The number of nitrogens with one attached hydrogen (secondary N) is 2. The minimum Gasteiger partial charge on any atom is -0.345 e. The van der Waals surface area contributed by atoms with Gasteiger partial charge in [0, 0.05) is 10.4 Å². The summed E-state index contributed by atoms with van der Waals surface area (Å²) in [4.78, 5) is 21.6. The number of hydrogen-bond donors (Lipinski definition) is 3. The Morgan fingerprint density at radius 1 is 1.38 bits per heavy atom. The van der Waals surface area contributed by atoms with Crippen LogP contribution in [0.5, 0.6) is 0 Å². The second-order valence-corrected chi connectivity index (χ2v) is 6.21. The molecule has 0 bridgehead atoms. The van der Waals surface area contributed by atoms with E-state index in [0.29, 0.717) is 11.4 Å². The number of hydrogen-bond acceptors (Lipinski definition) is 6. The van der Waals surface area contributed by atoms with Gasteiger partial charge in [-0.15, -0.1) is 11.3 Å². The summed E-state index contributed by atoms with van der Waals surface area (Å²) in [5, 5.41) is 4.10. The maximum Gasteiger partial charge on any atom is 0.252 e. The summed E-state index contributed by atoms with van der Waals surface area (Å²) in [6.07, 6.45) is 0. The summed E-state index contributed by atoms with van der Waals surface area (Å²) >= 11 is 7.43. The Hall–Kier alpha value is -1.70. The number of hydrazine groups is 1. The lowest BCUT2D eigenvalue weighted by Crippen LogP contribution is -2.27. The smallest absolute Gasteiger partial charge is 0.252 e. The highest BCUT2D eigenvalue weighted by molar-refractivity contribution is 7.11. The first kappa shape index (κ1) is 15.7. The minimum absolute atomic E-state index is 0.134. The van der Waals surface area contributed by atoms with Crippen LogP contribution in [0.2, 0.25) is 5.15 Å². The molecule has 8 heteroatoms. The molecule has 112 valence electrons. The van der Waals surface area contributed by atoms with Crippen molar-refractivity contribution in [2.45, 2.75) is 26.8 Å². The molecule has 1 amide bonds. The Bertz CT molecular complexity index is 673. The summed E-state index contributed by atoms with van der Waals surface area (Å²) in [7, 11) is 0. The van der Waals surface area contributed by atoms with Crippen LogP contribution in [-0.4, -0.2) is 15.9 Å². The number of nitrogens with two attached hydrogens (primary N) is 1. The molecule has 1 unspecified atom stereocenters. The van der Waals surface area contributed by atoms with E-state index < -0.39 is 0 Å². The molecule has 1 atom stereocenters. The molecule has 2 heterocycles. The first-order valence-electron chi connectivity index (χ1n) is 6.29. The number of halogens is 1. The molecule has 0 spiro atoms. The van der Waals surface area contributed by atoms with Crippen LogP contribution in [-0.2, 0) is 0 Å². The topological polar surface area (TPSA) is 92.9 Å². The second-order valence-electron chi connectivity index (χ2n) is 4.59. The van der Waals surface area contributed by atoms with Crippen molar-refractivity contribution in [1.82, 2.24) is 15.3 Å². The van der Waals surface area contributed by atoms with E-state index in [1.165, 1.54) is 6.07 Å². The van der Waals surface area contributed by atoms with Gasteiger partial charge >= 0.3 is 0 Å². The highest BCUT2D eigenvalue weighted by Gasteiger charge is 2.17. The van der Waals surface area contributed by atoms with Crippen LogP contribution in [0.3, 0.4) is 0 Å². The summed E-state index contributed by atoms with van der Waals surface area (Å²) in [6.45, 7) is 5.79. The number of nitrogens with zero attached hydrogens (tertiary/aromatic N) is 2. The Kier molecular flexibility index (Phi) is 4.76. The van der Waals surface area contributed by atoms with Gasteiger partial charge < -0.3 is 10.7 Å². The zero-order valence-electron chi connectivity index (χ0n) is 11.9. The van der Waals surface area contributed by atoms with E-state index in [1.807, 2.05) is 20.8 Å². The molecule has 21 heavy (non-hydrogen) atoms. The third-order valence-electron chi connectivity index (χ3n) is 2.88. The van der Waals surface area contributed by atoms with E-state index in [-0.39, 0.29) is 17.1 Å². The van der Waals surface area contributed by atoms with E-state index in [9.17, 15) is 4.79 Å². The van der Waals surface area contributed by atoms with Crippen molar-refractivity contribution in [3.63, 3.8) is 0 Å². The monoisotopic (exact) mass is 325 g/mol. The van der Waals surface area contributed by atoms with Crippen LogP contribution >= 0.6 is 22.9 Å². The predicted molar refractivity (Wildman–Crippen MR) is 84.5 cm³/mol. The fraction of sp³-hybridized carbons (Fsp3) is 0.308. The van der Waals surface area contributed by atoms with Crippen molar-refractivity contribution in [3.05, 3.63) is 38.4 Å². The van der Waals surface area contributed by atoms with E-state index in [1.54, 1.807) is 17.4 Å². The van der Waals surface area contributed by atoms with Crippen LogP contribution in [0, 0.1) is 13.8 Å². The van der Waals surface area contributed by atoms with Gasteiger partial charge in [-0.25, -0.2) is 15.8 Å². The molecule has 0 radical (unpaired) electrons. The van der Waals surface area contributed by atoms with Gasteiger partial charge in [0.25, 0.3) is 5.91 Å². The van der Waals surface area contributed by atoms with Gasteiger partial charge in [-0.3, -0.25) is 4.79 Å². The summed E-state index contributed by atoms with van der Waals surface area (Å²) in [5.41, 5.74) is 3.71. The molecule has 0 aliphatic carbocycles. The number of aryl methyl sites for hydroxylation is 2. The highest BCUT2D eigenvalue weighted by Crippen LogP contribution is 2.25. The molecule has 0 aliphatic rings. The first-order valence-corrected chi connectivity index (χ1v) is 7.49.